The number of hydrogen-bond donors (Lipinski definition) is 0. The summed E-state index contributed by atoms with van der Waals surface area (Å²) in [6.07, 6.45) is 4.97. The summed E-state index contributed by atoms with van der Waals surface area (Å²) in [5.74, 6) is 0. The van der Waals surface area contributed by atoms with E-state index in [4.69, 9.17) is 16.3 Å². The predicted octanol–water partition coefficient (Wildman–Crippen LogP) is 3.80. The molecule has 0 saturated carbocycles. The minimum Gasteiger partial charge on any atom is -0.412 e. The Labute approximate surface area is 123 Å². The van der Waals surface area contributed by atoms with Gasteiger partial charge in [-0.1, -0.05) is 34.4 Å². The number of pyridine rings is 1. The highest BCUT2D eigenvalue weighted by Gasteiger charge is 2.18. The van der Waals surface area contributed by atoms with Gasteiger partial charge >= 0.3 is 6.09 Å². The van der Waals surface area contributed by atoms with Crippen molar-refractivity contribution >= 4 is 29.8 Å². The zero-order valence-corrected chi connectivity index (χ0v) is 11.9. The third-order valence-electron chi connectivity index (χ3n) is 2.69. The topological polar surface area (TPSA) is 30.2 Å². The average molecular weight is 289 g/mol. The summed E-state index contributed by atoms with van der Waals surface area (Å²) in [6, 6.07) is 13.0. The molecule has 1 aromatic carbocycles. The molecule has 1 aromatic heterocycles. The van der Waals surface area contributed by atoms with E-state index in [0.717, 1.165) is 11.3 Å². The molecule has 0 bridgehead atoms. The number of halogens is 1. The van der Waals surface area contributed by atoms with Crippen LogP contribution in [0.15, 0.2) is 48.7 Å². The second-order valence-corrected chi connectivity index (χ2v) is 4.46. The zero-order valence-electron chi connectivity index (χ0n) is 11.1. The van der Waals surface area contributed by atoms with Gasteiger partial charge in [-0.2, -0.15) is 4.79 Å². The van der Waals surface area contributed by atoms with Crippen LogP contribution in [0.5, 0.6) is 0 Å². The normalized spacial score (nSPS) is 10.7. The number of hydrogen-bond acceptors (Lipinski definition) is 2. The number of carbonyl (C=O) groups excluding carboxylic acids is 1. The summed E-state index contributed by atoms with van der Waals surface area (Å²) in [5.41, 5.74) is 1.62. The van der Waals surface area contributed by atoms with Gasteiger partial charge in [0.15, 0.2) is 6.20 Å². The van der Waals surface area contributed by atoms with Gasteiger partial charge in [-0.15, -0.1) is 0 Å². The highest BCUT2D eigenvalue weighted by Crippen LogP contribution is 2.17. The lowest BCUT2D eigenvalue weighted by molar-refractivity contribution is -0.587. The van der Waals surface area contributed by atoms with Crippen molar-refractivity contribution in [3.63, 3.8) is 0 Å². The Morgan fingerprint density at radius 1 is 1.20 bits per heavy atom. The molecule has 102 valence electrons. The van der Waals surface area contributed by atoms with Crippen LogP contribution in [0.1, 0.15) is 18.2 Å². The molecular weight excluding hydrogens is 274 g/mol. The number of benzene rings is 1. The summed E-state index contributed by atoms with van der Waals surface area (Å²) >= 11 is 6.09. The lowest BCUT2D eigenvalue weighted by atomic mass is 10.2. The number of carbonyl (C=O) groups is 1. The molecule has 0 aliphatic heterocycles. The van der Waals surface area contributed by atoms with Gasteiger partial charge in [-0.05, 0) is 30.7 Å². The van der Waals surface area contributed by atoms with Crippen LogP contribution in [0.25, 0.3) is 12.2 Å². The summed E-state index contributed by atoms with van der Waals surface area (Å²) in [5, 5.41) is 0.669. The maximum absolute atomic E-state index is 11.8. The highest BCUT2D eigenvalue weighted by atomic mass is 35.5. The second kappa shape index (κ2) is 6.87. The van der Waals surface area contributed by atoms with Gasteiger partial charge in [0.05, 0.1) is 6.61 Å². The van der Waals surface area contributed by atoms with Crippen LogP contribution in [-0.4, -0.2) is 12.7 Å². The first-order valence-electron chi connectivity index (χ1n) is 6.33. The monoisotopic (exact) mass is 288 g/mol. The second-order valence-electron chi connectivity index (χ2n) is 4.05. The molecule has 0 atom stereocenters. The maximum Gasteiger partial charge on any atom is 0.602 e. The Morgan fingerprint density at radius 3 is 2.70 bits per heavy atom. The largest absolute Gasteiger partial charge is 0.602 e. The third-order valence-corrected chi connectivity index (χ3v) is 3.04. The maximum atomic E-state index is 11.8. The van der Waals surface area contributed by atoms with Gasteiger partial charge in [0.25, 0.3) is 0 Å². The number of rotatable bonds is 3. The molecule has 0 spiro atoms. The first-order valence-corrected chi connectivity index (χ1v) is 6.70. The minimum absolute atomic E-state index is 0.342. The molecule has 2 aromatic rings. The molecule has 1 heterocycles. The van der Waals surface area contributed by atoms with E-state index < -0.39 is 6.09 Å². The summed E-state index contributed by atoms with van der Waals surface area (Å²) in [7, 11) is 0. The van der Waals surface area contributed by atoms with Gasteiger partial charge in [-0.3, -0.25) is 0 Å². The number of ether oxygens (including phenoxy) is 1. The van der Waals surface area contributed by atoms with Gasteiger partial charge in [-0.25, -0.2) is 0 Å². The average Bonchev–Trinajstić information content (AvgIpc) is 2.47. The predicted molar refractivity (Wildman–Crippen MR) is 79.4 cm³/mol. The van der Waals surface area contributed by atoms with Crippen LogP contribution in [0.3, 0.4) is 0 Å². The third kappa shape index (κ3) is 3.45. The molecule has 0 radical (unpaired) electrons. The van der Waals surface area contributed by atoms with Crippen LogP contribution >= 0.6 is 11.6 Å². The lowest BCUT2D eigenvalue weighted by Crippen LogP contribution is -2.45. The van der Waals surface area contributed by atoms with Crippen LogP contribution < -0.4 is 4.57 Å². The van der Waals surface area contributed by atoms with Crippen LogP contribution in [0, 0.1) is 0 Å². The smallest absolute Gasteiger partial charge is 0.412 e. The Balaban J connectivity index is 2.30. The minimum atomic E-state index is -0.396. The lowest BCUT2D eigenvalue weighted by Gasteiger charge is -1.99. The molecule has 0 aliphatic rings. The fraction of sp³-hybridized carbons (Fsp3) is 0.125. The standard InChI is InChI=1S/C16H15ClNO2/c1-2-20-16(19)18-12-6-5-8-14(18)11-10-13-7-3-4-9-15(13)17/h3-12H,2H2,1H3/q+1/b11-10+. The Kier molecular flexibility index (Phi) is 4.91. The van der Waals surface area contributed by atoms with E-state index in [1.54, 1.807) is 19.2 Å². The molecule has 0 unspecified atom stereocenters. The van der Waals surface area contributed by atoms with Crippen LogP contribution in [-0.2, 0) is 4.74 Å². The van der Waals surface area contributed by atoms with Crippen molar-refractivity contribution in [1.29, 1.82) is 0 Å². The van der Waals surface area contributed by atoms with Crippen molar-refractivity contribution in [3.05, 3.63) is 64.9 Å². The van der Waals surface area contributed by atoms with E-state index in [1.807, 2.05) is 48.6 Å². The molecule has 20 heavy (non-hydrogen) atoms. The van der Waals surface area contributed by atoms with E-state index >= 15 is 0 Å². The molecular formula is C16H15ClNO2+. The SMILES string of the molecule is CCOC(=O)[n+]1ccccc1/C=C/c1ccccc1Cl. The molecule has 0 saturated heterocycles. The van der Waals surface area contributed by atoms with Gasteiger partial charge in [0.1, 0.15) is 0 Å². The van der Waals surface area contributed by atoms with Crippen molar-refractivity contribution in [2.75, 3.05) is 6.61 Å². The Bertz CT molecular complexity index is 638. The first kappa shape index (κ1) is 14.3. The summed E-state index contributed by atoms with van der Waals surface area (Å²) in [4.78, 5) is 11.8. The Morgan fingerprint density at radius 2 is 1.95 bits per heavy atom. The molecule has 4 heteroatoms. The van der Waals surface area contributed by atoms with E-state index in [1.165, 1.54) is 4.57 Å². The van der Waals surface area contributed by atoms with Crippen LogP contribution in [0.2, 0.25) is 5.02 Å². The highest BCUT2D eigenvalue weighted by molar-refractivity contribution is 6.32. The van der Waals surface area contributed by atoms with E-state index in [-0.39, 0.29) is 0 Å². The van der Waals surface area contributed by atoms with Crippen LogP contribution in [0.4, 0.5) is 4.79 Å². The van der Waals surface area contributed by atoms with E-state index in [2.05, 4.69) is 0 Å². The van der Waals surface area contributed by atoms with Gasteiger partial charge in [0.2, 0.25) is 5.69 Å². The molecule has 0 amide bonds. The van der Waals surface area contributed by atoms with E-state index in [9.17, 15) is 4.79 Å². The quantitative estimate of drug-likeness (QED) is 0.804. The summed E-state index contributed by atoms with van der Waals surface area (Å²) < 4.78 is 6.46. The molecule has 3 nitrogen and oxygen atoms in total. The molecule has 0 N–H and O–H groups in total. The zero-order chi connectivity index (χ0) is 14.4. The summed E-state index contributed by atoms with van der Waals surface area (Å²) in [6.45, 7) is 2.12. The number of nitrogens with zero attached hydrogens (tertiary/aromatic N) is 1. The van der Waals surface area contributed by atoms with Gasteiger partial charge < -0.3 is 4.74 Å². The number of aromatic nitrogens is 1. The molecule has 2 rings (SSSR count). The molecule has 0 aliphatic carbocycles. The fourth-order valence-corrected chi connectivity index (χ4v) is 1.94. The van der Waals surface area contributed by atoms with Crippen molar-refractivity contribution < 1.29 is 14.1 Å². The van der Waals surface area contributed by atoms with Crippen molar-refractivity contribution in [3.8, 4) is 0 Å². The van der Waals surface area contributed by atoms with E-state index in [0.29, 0.717) is 11.6 Å². The first-order chi connectivity index (χ1) is 9.72. The van der Waals surface area contributed by atoms with Crippen molar-refractivity contribution in [1.82, 2.24) is 0 Å². The molecule has 0 fully saturated rings. The Hall–Kier alpha value is -2.13. The van der Waals surface area contributed by atoms with Crippen molar-refractivity contribution in [2.45, 2.75) is 6.92 Å². The fourth-order valence-electron chi connectivity index (χ4n) is 1.74. The van der Waals surface area contributed by atoms with Crippen molar-refractivity contribution in [2.24, 2.45) is 0 Å². The van der Waals surface area contributed by atoms with Gasteiger partial charge in [0, 0.05) is 23.2 Å².